The Labute approximate surface area is 181 Å². The van der Waals surface area contributed by atoms with E-state index in [-0.39, 0.29) is 23.6 Å². The van der Waals surface area contributed by atoms with Crippen LogP contribution >= 0.6 is 11.8 Å². The summed E-state index contributed by atoms with van der Waals surface area (Å²) in [5.41, 5.74) is 4.71. The Balaban J connectivity index is 1.79. The van der Waals surface area contributed by atoms with Gasteiger partial charge in [-0.2, -0.15) is 0 Å². The first kappa shape index (κ1) is 21.7. The van der Waals surface area contributed by atoms with Crippen LogP contribution in [0, 0.1) is 20.8 Å². The molecule has 3 rings (SSSR count). The fourth-order valence-electron chi connectivity index (χ4n) is 3.11. The largest absolute Gasteiger partial charge is 0.491 e. The number of ether oxygens (including phenoxy) is 1. The van der Waals surface area contributed by atoms with E-state index < -0.39 is 0 Å². The van der Waals surface area contributed by atoms with Crippen LogP contribution in [-0.4, -0.2) is 17.6 Å². The maximum atomic E-state index is 12.7. The van der Waals surface area contributed by atoms with Crippen LogP contribution in [0.25, 0.3) is 0 Å². The lowest BCUT2D eigenvalue weighted by Crippen LogP contribution is -2.23. The summed E-state index contributed by atoms with van der Waals surface area (Å²) < 4.78 is 6.95. The second-order valence-corrected chi connectivity index (χ2v) is 8.34. The molecule has 6 heteroatoms. The highest BCUT2D eigenvalue weighted by molar-refractivity contribution is 7.98. The molecular weight excluding hydrogens is 396 g/mol. The number of pyridine rings is 1. The first-order valence-corrected chi connectivity index (χ1v) is 10.7. The summed E-state index contributed by atoms with van der Waals surface area (Å²) in [6, 6.07) is 15.7. The van der Waals surface area contributed by atoms with Gasteiger partial charge in [-0.15, -0.1) is 11.8 Å². The summed E-state index contributed by atoms with van der Waals surface area (Å²) in [7, 11) is 1.46. The Morgan fingerprint density at radius 1 is 1.03 bits per heavy atom. The molecule has 30 heavy (non-hydrogen) atoms. The Morgan fingerprint density at radius 2 is 1.73 bits per heavy atom. The molecule has 0 unspecified atom stereocenters. The van der Waals surface area contributed by atoms with Crippen LogP contribution in [0.2, 0.25) is 0 Å². The molecule has 1 aromatic heterocycles. The van der Waals surface area contributed by atoms with Gasteiger partial charge in [-0.3, -0.25) is 9.59 Å². The van der Waals surface area contributed by atoms with Crippen molar-refractivity contribution in [1.29, 1.82) is 0 Å². The third-order valence-electron chi connectivity index (χ3n) is 4.78. The minimum absolute atomic E-state index is 0.0910. The first-order chi connectivity index (χ1) is 14.4. The number of thioether (sulfide) groups is 1. The summed E-state index contributed by atoms with van der Waals surface area (Å²) in [5.74, 6) is 0.631. The predicted octanol–water partition coefficient (Wildman–Crippen LogP) is 4.71. The molecule has 0 aliphatic heterocycles. The molecule has 0 radical (unpaired) electrons. The monoisotopic (exact) mass is 422 g/mol. The van der Waals surface area contributed by atoms with E-state index >= 15 is 0 Å². The molecule has 0 saturated carbocycles. The quantitative estimate of drug-likeness (QED) is 0.560. The van der Waals surface area contributed by atoms with E-state index in [0.29, 0.717) is 5.75 Å². The van der Waals surface area contributed by atoms with Crippen molar-refractivity contribution in [1.82, 2.24) is 4.57 Å². The SMILES string of the molecule is COc1cn(CC(=O)Nc2ccc(C)cc2C)c(CSc2ccc(C)cc2)cc1=O. The van der Waals surface area contributed by atoms with Gasteiger partial charge in [0, 0.05) is 28.1 Å². The topological polar surface area (TPSA) is 60.3 Å². The van der Waals surface area contributed by atoms with Crippen molar-refractivity contribution in [3.05, 3.63) is 87.3 Å². The van der Waals surface area contributed by atoms with Gasteiger partial charge >= 0.3 is 0 Å². The predicted molar refractivity (Wildman–Crippen MR) is 123 cm³/mol. The van der Waals surface area contributed by atoms with E-state index in [0.717, 1.165) is 27.4 Å². The summed E-state index contributed by atoms with van der Waals surface area (Å²) in [6.45, 7) is 6.12. The fourth-order valence-corrected chi connectivity index (χ4v) is 4.00. The number of aryl methyl sites for hydroxylation is 3. The number of carbonyl (C=O) groups excluding carboxylic acids is 1. The van der Waals surface area contributed by atoms with E-state index in [1.54, 1.807) is 28.6 Å². The smallest absolute Gasteiger partial charge is 0.244 e. The van der Waals surface area contributed by atoms with Gasteiger partial charge in [0.1, 0.15) is 6.54 Å². The zero-order chi connectivity index (χ0) is 21.7. The number of methoxy groups -OCH3 is 1. The molecule has 0 spiro atoms. The standard InChI is InChI=1S/C24H26N2O3S/c1-16-5-8-20(9-6-16)30-15-19-12-22(27)23(29-4)13-26(19)14-24(28)25-21-10-7-17(2)11-18(21)3/h5-13H,14-15H2,1-4H3,(H,25,28). The van der Waals surface area contributed by atoms with E-state index in [1.807, 2.05) is 39.0 Å². The molecular formula is C24H26N2O3S. The number of carbonyl (C=O) groups is 1. The van der Waals surface area contributed by atoms with E-state index in [2.05, 4.69) is 29.6 Å². The van der Waals surface area contributed by atoms with Crippen molar-refractivity contribution < 1.29 is 9.53 Å². The lowest BCUT2D eigenvalue weighted by atomic mass is 10.1. The van der Waals surface area contributed by atoms with E-state index in [1.165, 1.54) is 12.7 Å². The molecule has 0 saturated heterocycles. The van der Waals surface area contributed by atoms with E-state index in [4.69, 9.17) is 4.74 Å². The van der Waals surface area contributed by atoms with Crippen molar-refractivity contribution in [2.24, 2.45) is 0 Å². The van der Waals surface area contributed by atoms with Gasteiger partial charge in [-0.05, 0) is 44.5 Å². The number of aromatic nitrogens is 1. The highest BCUT2D eigenvalue weighted by Gasteiger charge is 2.12. The molecule has 2 aromatic carbocycles. The lowest BCUT2D eigenvalue weighted by molar-refractivity contribution is -0.116. The van der Waals surface area contributed by atoms with Crippen LogP contribution in [0.3, 0.4) is 0 Å². The molecule has 1 amide bonds. The maximum absolute atomic E-state index is 12.7. The van der Waals surface area contributed by atoms with Crippen molar-refractivity contribution >= 4 is 23.4 Å². The molecule has 5 nitrogen and oxygen atoms in total. The van der Waals surface area contributed by atoms with Crippen LogP contribution < -0.4 is 15.5 Å². The summed E-state index contributed by atoms with van der Waals surface area (Å²) >= 11 is 1.62. The number of hydrogen-bond donors (Lipinski definition) is 1. The van der Waals surface area contributed by atoms with Crippen LogP contribution in [0.1, 0.15) is 22.4 Å². The van der Waals surface area contributed by atoms with Gasteiger partial charge in [-0.25, -0.2) is 0 Å². The number of nitrogens with one attached hydrogen (secondary N) is 1. The first-order valence-electron chi connectivity index (χ1n) is 9.69. The van der Waals surface area contributed by atoms with E-state index in [9.17, 15) is 9.59 Å². The Bertz CT molecular complexity index is 1100. The summed E-state index contributed by atoms with van der Waals surface area (Å²) in [4.78, 5) is 26.1. The summed E-state index contributed by atoms with van der Waals surface area (Å²) in [5, 5.41) is 2.96. The van der Waals surface area contributed by atoms with Gasteiger partial charge < -0.3 is 14.6 Å². The zero-order valence-electron chi connectivity index (χ0n) is 17.7. The molecule has 0 aliphatic rings. The number of hydrogen-bond acceptors (Lipinski definition) is 4. The van der Waals surface area contributed by atoms with Crippen molar-refractivity contribution in [2.75, 3.05) is 12.4 Å². The van der Waals surface area contributed by atoms with Crippen LogP contribution in [0.4, 0.5) is 5.69 Å². The second kappa shape index (κ2) is 9.67. The number of nitrogens with zero attached hydrogens (tertiary/aromatic N) is 1. The maximum Gasteiger partial charge on any atom is 0.244 e. The molecule has 1 heterocycles. The Kier molecular flexibility index (Phi) is 7.00. The number of amides is 1. The van der Waals surface area contributed by atoms with Crippen molar-refractivity contribution in [3.8, 4) is 5.75 Å². The lowest BCUT2D eigenvalue weighted by Gasteiger charge is -2.16. The van der Waals surface area contributed by atoms with Gasteiger partial charge in [0.2, 0.25) is 11.3 Å². The Hall–Kier alpha value is -2.99. The third-order valence-corrected chi connectivity index (χ3v) is 5.83. The van der Waals surface area contributed by atoms with Crippen molar-refractivity contribution in [3.63, 3.8) is 0 Å². The molecule has 0 bridgehead atoms. The van der Waals surface area contributed by atoms with Crippen LogP contribution in [0.5, 0.6) is 5.75 Å². The van der Waals surface area contributed by atoms with Gasteiger partial charge in [0.15, 0.2) is 5.75 Å². The third kappa shape index (κ3) is 5.54. The minimum Gasteiger partial charge on any atom is -0.491 e. The van der Waals surface area contributed by atoms with Gasteiger partial charge in [-0.1, -0.05) is 35.4 Å². The minimum atomic E-state index is -0.192. The molecule has 0 fully saturated rings. The van der Waals surface area contributed by atoms with Gasteiger partial charge in [0.05, 0.1) is 13.3 Å². The average molecular weight is 423 g/mol. The second-order valence-electron chi connectivity index (χ2n) is 7.29. The van der Waals surface area contributed by atoms with Crippen LogP contribution in [-0.2, 0) is 17.1 Å². The van der Waals surface area contributed by atoms with Crippen molar-refractivity contribution in [2.45, 2.75) is 38.0 Å². The molecule has 0 aliphatic carbocycles. The molecule has 156 valence electrons. The number of anilines is 1. The fraction of sp³-hybridized carbons (Fsp3) is 0.250. The average Bonchev–Trinajstić information content (AvgIpc) is 2.71. The highest BCUT2D eigenvalue weighted by atomic mass is 32.2. The zero-order valence-corrected chi connectivity index (χ0v) is 18.5. The number of benzene rings is 2. The summed E-state index contributed by atoms with van der Waals surface area (Å²) in [6.07, 6.45) is 1.61. The van der Waals surface area contributed by atoms with Gasteiger partial charge in [0.25, 0.3) is 0 Å². The Morgan fingerprint density at radius 3 is 2.40 bits per heavy atom. The number of rotatable bonds is 7. The normalized spacial score (nSPS) is 10.7. The highest BCUT2D eigenvalue weighted by Crippen LogP contribution is 2.23. The molecule has 0 atom stereocenters. The molecule has 1 N–H and O–H groups in total. The van der Waals surface area contributed by atoms with Crippen LogP contribution in [0.15, 0.2) is 64.4 Å². The molecule has 3 aromatic rings.